The quantitative estimate of drug-likeness (QED) is 0.645. The molecule has 0 N–H and O–H groups in total. The summed E-state index contributed by atoms with van der Waals surface area (Å²) in [5.41, 5.74) is 0. The summed E-state index contributed by atoms with van der Waals surface area (Å²) in [5, 5.41) is -0.277. The van der Waals surface area contributed by atoms with Gasteiger partial charge in [-0.3, -0.25) is 0 Å². The molecule has 0 amide bonds. The molecule has 0 aliphatic rings. The molecule has 0 saturated carbocycles. The van der Waals surface area contributed by atoms with Gasteiger partial charge in [-0.25, -0.2) is 8.42 Å². The molecule has 11 heavy (non-hydrogen) atoms. The van der Waals surface area contributed by atoms with Crippen LogP contribution in [-0.4, -0.2) is 25.3 Å². The number of hydrogen-bond donors (Lipinski definition) is 0. The van der Waals surface area contributed by atoms with Gasteiger partial charge in [-0.2, -0.15) is 0 Å². The van der Waals surface area contributed by atoms with Gasteiger partial charge in [-0.05, 0) is 12.8 Å². The fourth-order valence-corrected chi connectivity index (χ4v) is 2.77. The van der Waals surface area contributed by atoms with Crippen molar-refractivity contribution in [1.82, 2.24) is 0 Å². The molecule has 0 aliphatic heterocycles. The Labute approximate surface area is 73.9 Å². The molecule has 0 saturated heterocycles. The highest BCUT2D eigenvalue weighted by atomic mass is 35.5. The van der Waals surface area contributed by atoms with Crippen molar-refractivity contribution in [3.05, 3.63) is 0 Å². The van der Waals surface area contributed by atoms with Crippen molar-refractivity contribution in [2.45, 2.75) is 26.0 Å². The van der Waals surface area contributed by atoms with Crippen LogP contribution >= 0.6 is 11.6 Å². The van der Waals surface area contributed by atoms with Gasteiger partial charge in [-0.1, -0.05) is 13.8 Å². The fourth-order valence-electron chi connectivity index (χ4n) is 0.708. The van der Waals surface area contributed by atoms with Crippen molar-refractivity contribution in [3.63, 3.8) is 0 Å². The van der Waals surface area contributed by atoms with Gasteiger partial charge in [0.25, 0.3) is 0 Å². The van der Waals surface area contributed by atoms with Gasteiger partial charge >= 0.3 is 0 Å². The number of sulfone groups is 1. The number of rotatable bonds is 4. The minimum atomic E-state index is -2.94. The van der Waals surface area contributed by atoms with E-state index in [1.807, 2.05) is 13.8 Å². The summed E-state index contributed by atoms with van der Waals surface area (Å²) in [6, 6.07) is 0. The van der Waals surface area contributed by atoms with Gasteiger partial charge in [0.05, 0.1) is 11.0 Å². The highest BCUT2D eigenvalue weighted by Gasteiger charge is 2.22. The van der Waals surface area contributed by atoms with Crippen molar-refractivity contribution in [2.24, 2.45) is 5.92 Å². The predicted molar refractivity (Wildman–Crippen MR) is 48.8 cm³/mol. The zero-order valence-corrected chi connectivity index (χ0v) is 8.74. The molecule has 0 spiro atoms. The van der Waals surface area contributed by atoms with E-state index in [-0.39, 0.29) is 22.8 Å². The molecule has 0 aliphatic carbocycles. The first-order chi connectivity index (χ1) is 4.91. The zero-order valence-electron chi connectivity index (χ0n) is 7.17. The minimum absolute atomic E-state index is 0.0912. The van der Waals surface area contributed by atoms with Gasteiger partial charge in [0.1, 0.15) is 0 Å². The maximum Gasteiger partial charge on any atom is 0.154 e. The molecule has 1 atom stereocenters. The molecular formula is C7H15ClO2S. The maximum atomic E-state index is 11.3. The van der Waals surface area contributed by atoms with E-state index >= 15 is 0 Å². The van der Waals surface area contributed by atoms with Crippen LogP contribution in [0.1, 0.15) is 20.8 Å². The van der Waals surface area contributed by atoms with Crippen LogP contribution in [0.5, 0.6) is 0 Å². The molecule has 0 aromatic rings. The Morgan fingerprint density at radius 2 is 1.73 bits per heavy atom. The van der Waals surface area contributed by atoms with Gasteiger partial charge in [-0.15, -0.1) is 11.6 Å². The summed E-state index contributed by atoms with van der Waals surface area (Å²) in [7, 11) is -2.94. The third-order valence-electron chi connectivity index (χ3n) is 1.87. The second kappa shape index (κ2) is 4.31. The third kappa shape index (κ3) is 3.43. The average Bonchev–Trinajstić information content (AvgIpc) is 1.86. The van der Waals surface area contributed by atoms with E-state index in [2.05, 4.69) is 0 Å². The molecule has 68 valence electrons. The standard InChI is InChI=1S/C7H15ClO2S/c1-6(2)7(3)11(9,10)5-4-8/h6-7H,4-5H2,1-3H3. The Hall–Kier alpha value is 0.240. The summed E-state index contributed by atoms with van der Waals surface area (Å²) in [4.78, 5) is 0. The van der Waals surface area contributed by atoms with E-state index in [1.165, 1.54) is 0 Å². The predicted octanol–water partition coefficient (Wildman–Crippen LogP) is 1.68. The van der Waals surface area contributed by atoms with Crippen molar-refractivity contribution < 1.29 is 8.42 Å². The van der Waals surface area contributed by atoms with Crippen LogP contribution in [0.4, 0.5) is 0 Å². The Morgan fingerprint density at radius 3 is 2.00 bits per heavy atom. The summed E-state index contributed by atoms with van der Waals surface area (Å²) in [6.45, 7) is 5.53. The van der Waals surface area contributed by atoms with Gasteiger partial charge < -0.3 is 0 Å². The molecule has 0 fully saturated rings. The lowest BCUT2D eigenvalue weighted by molar-refractivity contribution is 0.547. The second-order valence-corrected chi connectivity index (χ2v) is 5.86. The third-order valence-corrected chi connectivity index (χ3v) is 4.73. The molecule has 0 aromatic carbocycles. The molecular weight excluding hydrogens is 184 g/mol. The Balaban J connectivity index is 4.31. The second-order valence-electron chi connectivity index (χ2n) is 3.01. The number of alkyl halides is 1. The normalized spacial score (nSPS) is 15.4. The molecule has 1 unspecified atom stereocenters. The molecule has 2 nitrogen and oxygen atoms in total. The fraction of sp³-hybridized carbons (Fsp3) is 1.00. The largest absolute Gasteiger partial charge is 0.229 e. The van der Waals surface area contributed by atoms with E-state index in [0.29, 0.717) is 0 Å². The molecule has 0 radical (unpaired) electrons. The van der Waals surface area contributed by atoms with Crippen LogP contribution < -0.4 is 0 Å². The van der Waals surface area contributed by atoms with E-state index in [4.69, 9.17) is 11.6 Å². The zero-order chi connectivity index (χ0) is 9.07. The van der Waals surface area contributed by atoms with Crippen molar-refractivity contribution >= 4 is 21.4 Å². The van der Waals surface area contributed by atoms with Crippen molar-refractivity contribution in [1.29, 1.82) is 0 Å². The Bertz CT molecular complexity index is 196. The summed E-state index contributed by atoms with van der Waals surface area (Å²) >= 11 is 5.36. The van der Waals surface area contributed by atoms with Gasteiger partial charge in [0.2, 0.25) is 0 Å². The summed E-state index contributed by atoms with van der Waals surface area (Å²) in [5.74, 6) is 0.455. The van der Waals surface area contributed by atoms with Crippen LogP contribution in [0.3, 0.4) is 0 Å². The average molecular weight is 199 g/mol. The van der Waals surface area contributed by atoms with Gasteiger partial charge in [0, 0.05) is 5.88 Å². The van der Waals surface area contributed by atoms with E-state index in [9.17, 15) is 8.42 Å². The van der Waals surface area contributed by atoms with Gasteiger partial charge in [0.15, 0.2) is 9.84 Å². The van der Waals surface area contributed by atoms with E-state index in [0.717, 1.165) is 0 Å². The lowest BCUT2D eigenvalue weighted by Gasteiger charge is -2.14. The molecule has 0 bridgehead atoms. The Morgan fingerprint density at radius 1 is 1.27 bits per heavy atom. The smallest absolute Gasteiger partial charge is 0.154 e. The van der Waals surface area contributed by atoms with Crippen molar-refractivity contribution in [2.75, 3.05) is 11.6 Å². The maximum absolute atomic E-state index is 11.3. The lowest BCUT2D eigenvalue weighted by atomic mass is 10.2. The monoisotopic (exact) mass is 198 g/mol. The van der Waals surface area contributed by atoms with Crippen LogP contribution in [0.15, 0.2) is 0 Å². The first-order valence-corrected chi connectivity index (χ1v) is 5.94. The highest BCUT2D eigenvalue weighted by molar-refractivity contribution is 7.92. The summed E-state index contributed by atoms with van der Waals surface area (Å²) in [6.07, 6.45) is 0. The lowest BCUT2D eigenvalue weighted by Crippen LogP contribution is -2.26. The number of hydrogen-bond acceptors (Lipinski definition) is 2. The van der Waals surface area contributed by atoms with Crippen LogP contribution in [0, 0.1) is 5.92 Å². The molecule has 4 heteroatoms. The Kier molecular flexibility index (Phi) is 4.41. The molecule has 0 rings (SSSR count). The van der Waals surface area contributed by atoms with Crippen LogP contribution in [-0.2, 0) is 9.84 Å². The highest BCUT2D eigenvalue weighted by Crippen LogP contribution is 2.12. The molecule has 0 heterocycles. The van der Waals surface area contributed by atoms with E-state index in [1.54, 1.807) is 6.92 Å². The van der Waals surface area contributed by atoms with Crippen LogP contribution in [0.25, 0.3) is 0 Å². The first kappa shape index (κ1) is 11.2. The molecule has 0 aromatic heterocycles. The number of halogens is 1. The minimum Gasteiger partial charge on any atom is -0.229 e. The van der Waals surface area contributed by atoms with E-state index < -0.39 is 9.84 Å². The van der Waals surface area contributed by atoms with Crippen LogP contribution in [0.2, 0.25) is 0 Å². The summed E-state index contributed by atoms with van der Waals surface area (Å²) < 4.78 is 22.6. The topological polar surface area (TPSA) is 34.1 Å². The first-order valence-electron chi connectivity index (χ1n) is 3.69. The van der Waals surface area contributed by atoms with Crippen molar-refractivity contribution in [3.8, 4) is 0 Å². The SMILES string of the molecule is CC(C)C(C)S(=O)(=O)CCCl.